The number of nitrogens with two attached hydrogens (primary N) is 1. The Morgan fingerprint density at radius 3 is 3.06 bits per heavy atom. The Balaban J connectivity index is 1.90. The molecule has 2 amide bonds. The summed E-state index contributed by atoms with van der Waals surface area (Å²) in [5.41, 5.74) is 5.88. The number of carbonyl (C=O) groups excluding carboxylic acids is 2. The normalized spacial score (nSPS) is 21.8. The summed E-state index contributed by atoms with van der Waals surface area (Å²) in [6.07, 6.45) is 1.17. The van der Waals surface area contributed by atoms with E-state index in [1.807, 2.05) is 17.5 Å². The molecular weight excluding hydrogens is 250 g/mol. The van der Waals surface area contributed by atoms with Gasteiger partial charge in [0.15, 0.2) is 0 Å². The Hall–Kier alpha value is -1.40. The van der Waals surface area contributed by atoms with E-state index in [4.69, 9.17) is 5.73 Å². The number of hydrogen-bond donors (Lipinski definition) is 2. The molecule has 1 aromatic rings. The maximum atomic E-state index is 12.0. The standard InChI is InChI=1S/C12H17N3O2S/c1-15-7-8(4-5-10(15)16)14-12(17)11(13)9-3-2-6-18-9/h2-3,6,8,11H,4-5,7,13H2,1H3,(H,14,17). The van der Waals surface area contributed by atoms with Gasteiger partial charge in [-0.3, -0.25) is 9.59 Å². The minimum atomic E-state index is -0.618. The molecule has 2 heterocycles. The summed E-state index contributed by atoms with van der Waals surface area (Å²) in [7, 11) is 1.75. The SMILES string of the molecule is CN1CC(NC(=O)C(N)c2cccs2)CCC1=O. The van der Waals surface area contributed by atoms with Crippen LogP contribution in [0.25, 0.3) is 0 Å². The van der Waals surface area contributed by atoms with E-state index < -0.39 is 6.04 Å². The van der Waals surface area contributed by atoms with Gasteiger partial charge in [-0.2, -0.15) is 0 Å². The Bertz CT molecular complexity index is 433. The number of nitrogens with zero attached hydrogens (tertiary/aromatic N) is 1. The van der Waals surface area contributed by atoms with Gasteiger partial charge in [0.1, 0.15) is 6.04 Å². The van der Waals surface area contributed by atoms with Crippen LogP contribution in [0.15, 0.2) is 17.5 Å². The van der Waals surface area contributed by atoms with Crippen LogP contribution in [0.5, 0.6) is 0 Å². The lowest BCUT2D eigenvalue weighted by molar-refractivity contribution is -0.134. The smallest absolute Gasteiger partial charge is 0.242 e. The van der Waals surface area contributed by atoms with Crippen LogP contribution >= 0.6 is 11.3 Å². The van der Waals surface area contributed by atoms with Gasteiger partial charge in [0.25, 0.3) is 0 Å². The maximum absolute atomic E-state index is 12.0. The van der Waals surface area contributed by atoms with Gasteiger partial charge in [0, 0.05) is 30.9 Å². The third-order valence-corrected chi connectivity index (χ3v) is 4.06. The number of amides is 2. The molecule has 1 aromatic heterocycles. The molecule has 0 spiro atoms. The van der Waals surface area contributed by atoms with Crippen LogP contribution < -0.4 is 11.1 Å². The number of thiophene rings is 1. The van der Waals surface area contributed by atoms with Crippen LogP contribution in [-0.4, -0.2) is 36.3 Å². The number of carbonyl (C=O) groups is 2. The van der Waals surface area contributed by atoms with Crippen LogP contribution in [0, 0.1) is 0 Å². The second kappa shape index (κ2) is 5.49. The molecule has 0 aromatic carbocycles. The molecule has 5 nitrogen and oxygen atoms in total. The summed E-state index contributed by atoms with van der Waals surface area (Å²) in [6, 6.07) is 3.12. The largest absolute Gasteiger partial charge is 0.350 e. The third kappa shape index (κ3) is 2.88. The average Bonchev–Trinajstić information content (AvgIpc) is 2.86. The van der Waals surface area contributed by atoms with Crippen molar-refractivity contribution in [2.45, 2.75) is 24.9 Å². The molecular formula is C12H17N3O2S. The highest BCUT2D eigenvalue weighted by molar-refractivity contribution is 7.10. The zero-order valence-electron chi connectivity index (χ0n) is 10.3. The molecule has 2 atom stereocenters. The lowest BCUT2D eigenvalue weighted by Crippen LogP contribution is -2.50. The minimum absolute atomic E-state index is 0.00575. The van der Waals surface area contributed by atoms with E-state index in [-0.39, 0.29) is 17.9 Å². The van der Waals surface area contributed by atoms with Gasteiger partial charge in [-0.1, -0.05) is 6.07 Å². The van der Waals surface area contributed by atoms with Crippen molar-refractivity contribution < 1.29 is 9.59 Å². The fourth-order valence-electron chi connectivity index (χ4n) is 2.02. The van der Waals surface area contributed by atoms with Crippen molar-refractivity contribution in [2.24, 2.45) is 5.73 Å². The molecule has 0 saturated carbocycles. The monoisotopic (exact) mass is 267 g/mol. The first-order valence-corrected chi connectivity index (χ1v) is 6.79. The predicted octanol–water partition coefficient (Wildman–Crippen LogP) is 0.485. The van der Waals surface area contributed by atoms with Crippen LogP contribution in [0.1, 0.15) is 23.8 Å². The van der Waals surface area contributed by atoms with Gasteiger partial charge < -0.3 is 16.0 Å². The summed E-state index contributed by atoms with van der Waals surface area (Å²) >= 11 is 1.47. The summed E-state index contributed by atoms with van der Waals surface area (Å²) in [5.74, 6) is -0.0479. The van der Waals surface area contributed by atoms with E-state index in [1.54, 1.807) is 11.9 Å². The van der Waals surface area contributed by atoms with E-state index >= 15 is 0 Å². The fourth-order valence-corrected chi connectivity index (χ4v) is 2.74. The highest BCUT2D eigenvalue weighted by Crippen LogP contribution is 2.17. The Morgan fingerprint density at radius 2 is 2.44 bits per heavy atom. The van der Waals surface area contributed by atoms with Crippen LogP contribution in [-0.2, 0) is 9.59 Å². The maximum Gasteiger partial charge on any atom is 0.242 e. The van der Waals surface area contributed by atoms with Crippen LogP contribution in [0.2, 0.25) is 0 Å². The fraction of sp³-hybridized carbons (Fsp3) is 0.500. The van der Waals surface area contributed by atoms with Gasteiger partial charge >= 0.3 is 0 Å². The van der Waals surface area contributed by atoms with Gasteiger partial charge in [0.2, 0.25) is 11.8 Å². The van der Waals surface area contributed by atoms with E-state index in [1.165, 1.54) is 11.3 Å². The van der Waals surface area contributed by atoms with Crippen molar-refractivity contribution in [3.63, 3.8) is 0 Å². The second-order valence-electron chi connectivity index (χ2n) is 4.51. The quantitative estimate of drug-likeness (QED) is 0.836. The zero-order valence-corrected chi connectivity index (χ0v) is 11.1. The average molecular weight is 267 g/mol. The highest BCUT2D eigenvalue weighted by Gasteiger charge is 2.26. The van der Waals surface area contributed by atoms with E-state index in [0.29, 0.717) is 19.4 Å². The lowest BCUT2D eigenvalue weighted by Gasteiger charge is -2.30. The number of piperidine rings is 1. The van der Waals surface area contributed by atoms with Gasteiger partial charge in [-0.05, 0) is 17.9 Å². The summed E-state index contributed by atoms with van der Waals surface area (Å²) in [5, 5.41) is 4.81. The molecule has 1 fully saturated rings. The first kappa shape index (κ1) is 13.0. The Labute approximate surface area is 110 Å². The number of hydrogen-bond acceptors (Lipinski definition) is 4. The zero-order chi connectivity index (χ0) is 13.1. The summed E-state index contributed by atoms with van der Waals surface area (Å²) < 4.78 is 0. The summed E-state index contributed by atoms with van der Waals surface area (Å²) in [6.45, 7) is 0.557. The second-order valence-corrected chi connectivity index (χ2v) is 5.49. The number of likely N-dealkylation sites (N-methyl/N-ethyl adjacent to an activating group) is 1. The lowest BCUT2D eigenvalue weighted by atomic mass is 10.1. The molecule has 2 rings (SSSR count). The Kier molecular flexibility index (Phi) is 3.98. The molecule has 3 N–H and O–H groups in total. The van der Waals surface area contributed by atoms with Crippen molar-refractivity contribution in [3.05, 3.63) is 22.4 Å². The molecule has 1 aliphatic heterocycles. The molecule has 0 aliphatic carbocycles. The van der Waals surface area contributed by atoms with Crippen LogP contribution in [0.4, 0.5) is 0 Å². The van der Waals surface area contributed by atoms with E-state index in [2.05, 4.69) is 5.32 Å². The molecule has 18 heavy (non-hydrogen) atoms. The molecule has 1 aliphatic rings. The molecule has 1 saturated heterocycles. The first-order chi connectivity index (χ1) is 8.58. The van der Waals surface area contributed by atoms with Crippen molar-refractivity contribution in [1.29, 1.82) is 0 Å². The van der Waals surface area contributed by atoms with E-state index in [0.717, 1.165) is 4.88 Å². The topological polar surface area (TPSA) is 75.4 Å². The van der Waals surface area contributed by atoms with Gasteiger partial charge in [0.05, 0.1) is 0 Å². The van der Waals surface area contributed by atoms with Gasteiger partial charge in [-0.15, -0.1) is 11.3 Å². The third-order valence-electron chi connectivity index (χ3n) is 3.11. The molecule has 0 bridgehead atoms. The number of rotatable bonds is 3. The van der Waals surface area contributed by atoms with Crippen LogP contribution in [0.3, 0.4) is 0 Å². The predicted molar refractivity (Wildman–Crippen MR) is 70.0 cm³/mol. The minimum Gasteiger partial charge on any atom is -0.350 e. The van der Waals surface area contributed by atoms with Crippen molar-refractivity contribution in [3.8, 4) is 0 Å². The number of nitrogens with one attached hydrogen (secondary N) is 1. The van der Waals surface area contributed by atoms with E-state index in [9.17, 15) is 9.59 Å². The van der Waals surface area contributed by atoms with Gasteiger partial charge in [-0.25, -0.2) is 0 Å². The van der Waals surface area contributed by atoms with Crippen molar-refractivity contribution in [2.75, 3.05) is 13.6 Å². The molecule has 0 radical (unpaired) electrons. The van der Waals surface area contributed by atoms with Crippen molar-refractivity contribution >= 4 is 23.2 Å². The molecule has 98 valence electrons. The number of likely N-dealkylation sites (tertiary alicyclic amines) is 1. The first-order valence-electron chi connectivity index (χ1n) is 5.91. The molecule has 6 heteroatoms. The molecule has 2 unspecified atom stereocenters. The Morgan fingerprint density at radius 1 is 1.67 bits per heavy atom. The summed E-state index contributed by atoms with van der Waals surface area (Å²) in [4.78, 5) is 25.8. The highest BCUT2D eigenvalue weighted by atomic mass is 32.1. The van der Waals surface area contributed by atoms with Crippen molar-refractivity contribution in [1.82, 2.24) is 10.2 Å².